The number of rotatable bonds is 6. The van der Waals surface area contributed by atoms with Gasteiger partial charge in [0.25, 0.3) is 0 Å². The van der Waals surface area contributed by atoms with Gasteiger partial charge in [0, 0.05) is 12.8 Å². The molecule has 106 valence electrons. The van der Waals surface area contributed by atoms with Crippen molar-refractivity contribution in [3.05, 3.63) is 59.7 Å². The molecule has 1 unspecified atom stereocenters. The molecular formula is C17H21NO2. The van der Waals surface area contributed by atoms with Gasteiger partial charge >= 0.3 is 0 Å². The fraction of sp³-hybridized carbons (Fsp3) is 0.294. The van der Waals surface area contributed by atoms with Crippen molar-refractivity contribution >= 4 is 5.69 Å². The quantitative estimate of drug-likeness (QED) is 0.816. The fourth-order valence-electron chi connectivity index (χ4n) is 1.99. The summed E-state index contributed by atoms with van der Waals surface area (Å²) >= 11 is 0. The summed E-state index contributed by atoms with van der Waals surface area (Å²) in [5.41, 5.74) is 8.81. The number of nitrogen functional groups attached to an aromatic ring is 1. The Labute approximate surface area is 120 Å². The molecule has 0 bridgehead atoms. The van der Waals surface area contributed by atoms with Crippen LogP contribution >= 0.6 is 0 Å². The van der Waals surface area contributed by atoms with Crippen molar-refractivity contribution in [2.75, 3.05) is 19.5 Å². The van der Waals surface area contributed by atoms with Gasteiger partial charge in [-0.2, -0.15) is 0 Å². The van der Waals surface area contributed by atoms with E-state index in [9.17, 15) is 0 Å². The van der Waals surface area contributed by atoms with Gasteiger partial charge < -0.3 is 15.2 Å². The molecule has 0 heterocycles. The van der Waals surface area contributed by atoms with Crippen molar-refractivity contribution in [2.24, 2.45) is 0 Å². The van der Waals surface area contributed by atoms with E-state index in [2.05, 4.69) is 12.1 Å². The van der Waals surface area contributed by atoms with Gasteiger partial charge in [-0.3, -0.25) is 0 Å². The monoisotopic (exact) mass is 271 g/mol. The Balaban J connectivity index is 1.97. The predicted octanol–water partition coefficient (Wildman–Crippen LogP) is 3.60. The van der Waals surface area contributed by atoms with Crippen LogP contribution in [0.2, 0.25) is 0 Å². The number of methoxy groups -OCH3 is 1. The second kappa shape index (κ2) is 6.96. The lowest BCUT2D eigenvalue weighted by atomic mass is 10.1. The van der Waals surface area contributed by atoms with Crippen LogP contribution in [0.1, 0.15) is 24.2 Å². The van der Waals surface area contributed by atoms with Gasteiger partial charge in [-0.25, -0.2) is 0 Å². The molecule has 0 spiro atoms. The summed E-state index contributed by atoms with van der Waals surface area (Å²) in [6.45, 7) is 2.77. The van der Waals surface area contributed by atoms with Crippen LogP contribution in [0.3, 0.4) is 0 Å². The summed E-state index contributed by atoms with van der Waals surface area (Å²) < 4.78 is 11.0. The smallest absolute Gasteiger partial charge is 0.121 e. The van der Waals surface area contributed by atoms with Gasteiger partial charge in [-0.1, -0.05) is 24.3 Å². The molecule has 0 saturated carbocycles. The molecular weight excluding hydrogens is 250 g/mol. The number of anilines is 1. The molecule has 0 aliphatic carbocycles. The van der Waals surface area contributed by atoms with Gasteiger partial charge in [0.15, 0.2) is 0 Å². The van der Waals surface area contributed by atoms with E-state index < -0.39 is 0 Å². The van der Waals surface area contributed by atoms with Gasteiger partial charge in [0.1, 0.15) is 11.9 Å². The van der Waals surface area contributed by atoms with Crippen LogP contribution < -0.4 is 10.5 Å². The summed E-state index contributed by atoms with van der Waals surface area (Å²) in [6, 6.07) is 15.9. The first-order valence-corrected chi connectivity index (χ1v) is 6.79. The maximum atomic E-state index is 5.93. The van der Waals surface area contributed by atoms with E-state index >= 15 is 0 Å². The normalized spacial score (nSPS) is 12.1. The van der Waals surface area contributed by atoms with Gasteiger partial charge in [0.05, 0.1) is 6.61 Å². The molecule has 1 atom stereocenters. The van der Waals surface area contributed by atoms with Crippen LogP contribution in [0, 0.1) is 0 Å². The maximum absolute atomic E-state index is 5.93. The highest BCUT2D eigenvalue weighted by atomic mass is 16.5. The first-order chi connectivity index (χ1) is 9.69. The van der Waals surface area contributed by atoms with E-state index in [4.69, 9.17) is 15.2 Å². The molecule has 0 saturated heterocycles. The fourth-order valence-corrected chi connectivity index (χ4v) is 1.99. The zero-order valence-electron chi connectivity index (χ0n) is 12.0. The Morgan fingerprint density at radius 2 is 1.65 bits per heavy atom. The SMILES string of the molecule is COCCc1ccc(OC(C)c2ccc(N)cc2)cc1. The molecule has 0 aromatic heterocycles. The second-order valence-electron chi connectivity index (χ2n) is 4.81. The summed E-state index contributed by atoms with van der Waals surface area (Å²) in [6.07, 6.45) is 0.921. The van der Waals surface area contributed by atoms with Crippen molar-refractivity contribution in [1.29, 1.82) is 0 Å². The molecule has 2 N–H and O–H groups in total. The molecule has 0 aliphatic rings. The number of hydrogen-bond donors (Lipinski definition) is 1. The number of ether oxygens (including phenoxy) is 2. The van der Waals surface area contributed by atoms with Gasteiger partial charge in [-0.15, -0.1) is 0 Å². The second-order valence-corrected chi connectivity index (χ2v) is 4.81. The number of benzene rings is 2. The lowest BCUT2D eigenvalue weighted by molar-refractivity contribution is 0.202. The minimum absolute atomic E-state index is 0.000394. The van der Waals surface area contributed by atoms with Crippen molar-refractivity contribution in [1.82, 2.24) is 0 Å². The van der Waals surface area contributed by atoms with E-state index in [1.807, 2.05) is 43.3 Å². The molecule has 0 amide bonds. The van der Waals surface area contributed by atoms with Gasteiger partial charge in [0.2, 0.25) is 0 Å². The highest BCUT2D eigenvalue weighted by Gasteiger charge is 2.07. The minimum Gasteiger partial charge on any atom is -0.486 e. The molecule has 3 heteroatoms. The molecule has 0 aliphatic heterocycles. The molecule has 3 nitrogen and oxygen atoms in total. The molecule has 0 radical (unpaired) electrons. The van der Waals surface area contributed by atoms with Crippen LogP contribution in [-0.2, 0) is 11.2 Å². The Bertz CT molecular complexity index is 520. The Morgan fingerprint density at radius 1 is 1.00 bits per heavy atom. The lowest BCUT2D eigenvalue weighted by Gasteiger charge is -2.15. The molecule has 2 aromatic rings. The molecule has 2 aromatic carbocycles. The Hall–Kier alpha value is -2.00. The highest BCUT2D eigenvalue weighted by Crippen LogP contribution is 2.22. The highest BCUT2D eigenvalue weighted by molar-refractivity contribution is 5.40. The Kier molecular flexibility index (Phi) is 5.02. The van der Waals surface area contributed by atoms with Crippen LogP contribution in [0.15, 0.2) is 48.5 Å². The lowest BCUT2D eigenvalue weighted by Crippen LogP contribution is -2.03. The van der Waals surface area contributed by atoms with Crippen molar-refractivity contribution in [3.8, 4) is 5.75 Å². The Morgan fingerprint density at radius 3 is 2.25 bits per heavy atom. The minimum atomic E-state index is 0.000394. The van der Waals surface area contributed by atoms with Crippen molar-refractivity contribution in [2.45, 2.75) is 19.4 Å². The zero-order chi connectivity index (χ0) is 14.4. The average molecular weight is 271 g/mol. The third kappa shape index (κ3) is 4.00. The summed E-state index contributed by atoms with van der Waals surface area (Å²) in [5.74, 6) is 0.871. The van der Waals surface area contributed by atoms with E-state index in [1.54, 1.807) is 7.11 Å². The van der Waals surface area contributed by atoms with Crippen LogP contribution in [-0.4, -0.2) is 13.7 Å². The topological polar surface area (TPSA) is 44.5 Å². The van der Waals surface area contributed by atoms with Crippen LogP contribution in [0.25, 0.3) is 0 Å². The number of nitrogens with two attached hydrogens (primary N) is 1. The summed E-state index contributed by atoms with van der Waals surface area (Å²) in [4.78, 5) is 0. The van der Waals surface area contributed by atoms with E-state index in [1.165, 1.54) is 5.56 Å². The van der Waals surface area contributed by atoms with E-state index in [0.29, 0.717) is 0 Å². The van der Waals surface area contributed by atoms with Crippen molar-refractivity contribution < 1.29 is 9.47 Å². The summed E-state index contributed by atoms with van der Waals surface area (Å²) in [7, 11) is 1.71. The van der Waals surface area contributed by atoms with E-state index in [-0.39, 0.29) is 6.10 Å². The zero-order valence-corrected chi connectivity index (χ0v) is 12.0. The molecule has 0 fully saturated rings. The average Bonchev–Trinajstić information content (AvgIpc) is 2.47. The number of hydrogen-bond acceptors (Lipinski definition) is 3. The van der Waals surface area contributed by atoms with Crippen molar-refractivity contribution in [3.63, 3.8) is 0 Å². The third-order valence-corrected chi connectivity index (χ3v) is 3.24. The van der Waals surface area contributed by atoms with E-state index in [0.717, 1.165) is 30.0 Å². The molecule has 2 rings (SSSR count). The van der Waals surface area contributed by atoms with Crippen LogP contribution in [0.5, 0.6) is 5.75 Å². The third-order valence-electron chi connectivity index (χ3n) is 3.24. The maximum Gasteiger partial charge on any atom is 0.121 e. The predicted molar refractivity (Wildman–Crippen MR) is 81.9 cm³/mol. The molecule has 20 heavy (non-hydrogen) atoms. The first kappa shape index (κ1) is 14.4. The standard InChI is InChI=1S/C17H21NO2/c1-13(15-5-7-16(18)8-6-15)20-17-9-3-14(4-10-17)11-12-19-2/h3-10,13H,11-12,18H2,1-2H3. The van der Waals surface area contributed by atoms with Gasteiger partial charge in [-0.05, 0) is 48.7 Å². The first-order valence-electron chi connectivity index (χ1n) is 6.79. The largest absolute Gasteiger partial charge is 0.486 e. The van der Waals surface area contributed by atoms with Crippen LogP contribution in [0.4, 0.5) is 5.69 Å². The summed E-state index contributed by atoms with van der Waals surface area (Å²) in [5, 5.41) is 0.